The molecule has 2 rings (SSSR count). The molecule has 1 fully saturated rings. The van der Waals surface area contributed by atoms with Gasteiger partial charge in [-0.1, -0.05) is 12.1 Å². The number of β-amino-alcohol motifs (C(OH)–C–C–N with tert-alkyl or cyclic N) is 1. The van der Waals surface area contributed by atoms with E-state index in [1.165, 1.54) is 0 Å². The number of nitrogens with one attached hydrogen (secondary N) is 1. The van der Waals surface area contributed by atoms with Crippen LogP contribution < -0.4 is 5.32 Å². The number of benzene rings is 1. The summed E-state index contributed by atoms with van der Waals surface area (Å²) in [6.45, 7) is 4.61. The zero-order valence-corrected chi connectivity index (χ0v) is 12.6. The number of likely N-dealkylation sites (tertiary alicyclic amines) is 1. The quantitative estimate of drug-likeness (QED) is 0.819. The maximum atomic E-state index is 12.4. The fraction of sp³-hybridized carbons (Fsp3) is 0.412. The van der Waals surface area contributed by atoms with E-state index in [1.807, 2.05) is 0 Å². The Bertz CT molecular complexity index is 557. The molecule has 1 heterocycles. The lowest BCUT2D eigenvalue weighted by molar-refractivity contribution is -0.116. The van der Waals surface area contributed by atoms with E-state index < -0.39 is 6.10 Å². The Labute approximate surface area is 130 Å². The molecule has 1 aromatic rings. The summed E-state index contributed by atoms with van der Waals surface area (Å²) in [7, 11) is 0. The number of hydrogen-bond acceptors (Lipinski definition) is 3. The molecule has 0 saturated carbocycles. The number of aliphatic hydroxyl groups is 1. The number of hydrogen-bond donors (Lipinski definition) is 2. The molecular weight excluding hydrogens is 280 g/mol. The average molecular weight is 302 g/mol. The van der Waals surface area contributed by atoms with Crippen LogP contribution in [0.3, 0.4) is 0 Å². The minimum Gasteiger partial charge on any atom is -0.391 e. The first kappa shape index (κ1) is 16.2. The van der Waals surface area contributed by atoms with Gasteiger partial charge < -0.3 is 15.3 Å². The largest absolute Gasteiger partial charge is 0.391 e. The maximum Gasteiger partial charge on any atom is 0.254 e. The van der Waals surface area contributed by atoms with Gasteiger partial charge in [0.2, 0.25) is 5.91 Å². The standard InChI is InChI=1S/C17H22N2O3/c1-2-3-9-16(21)18-14-7-4-6-13(11-14)17(22)19-10-5-8-15(20)12-19/h2,4,6-7,11,15,20H,1,3,5,8-10,12H2,(H,18,21). The SMILES string of the molecule is C=CCCC(=O)Nc1cccc(C(=O)N2CCCC(O)C2)c1. The van der Waals surface area contributed by atoms with E-state index in [0.29, 0.717) is 37.2 Å². The van der Waals surface area contributed by atoms with Crippen LogP contribution in [0.4, 0.5) is 5.69 Å². The van der Waals surface area contributed by atoms with Gasteiger partial charge >= 0.3 is 0 Å². The third-order valence-electron chi connectivity index (χ3n) is 3.65. The monoisotopic (exact) mass is 302 g/mol. The van der Waals surface area contributed by atoms with Gasteiger partial charge in [-0.25, -0.2) is 0 Å². The number of rotatable bonds is 5. The lowest BCUT2D eigenvalue weighted by Gasteiger charge is -2.30. The smallest absolute Gasteiger partial charge is 0.254 e. The van der Waals surface area contributed by atoms with Gasteiger partial charge in [0.1, 0.15) is 0 Å². The van der Waals surface area contributed by atoms with Crippen molar-refractivity contribution < 1.29 is 14.7 Å². The zero-order chi connectivity index (χ0) is 15.9. The number of allylic oxidation sites excluding steroid dienone is 1. The van der Waals surface area contributed by atoms with Gasteiger partial charge in [-0.3, -0.25) is 9.59 Å². The second-order valence-corrected chi connectivity index (χ2v) is 5.50. The highest BCUT2D eigenvalue weighted by atomic mass is 16.3. The summed E-state index contributed by atoms with van der Waals surface area (Å²) in [5.41, 5.74) is 1.13. The summed E-state index contributed by atoms with van der Waals surface area (Å²) in [5, 5.41) is 12.4. The average Bonchev–Trinajstić information content (AvgIpc) is 2.52. The third kappa shape index (κ3) is 4.43. The van der Waals surface area contributed by atoms with Gasteiger partial charge in [0.05, 0.1) is 6.10 Å². The molecule has 2 N–H and O–H groups in total. The van der Waals surface area contributed by atoms with Crippen LogP contribution in [0, 0.1) is 0 Å². The Balaban J connectivity index is 2.02. The maximum absolute atomic E-state index is 12.4. The first-order valence-electron chi connectivity index (χ1n) is 7.58. The molecule has 1 unspecified atom stereocenters. The molecular formula is C17H22N2O3. The van der Waals surface area contributed by atoms with Crippen LogP contribution in [-0.2, 0) is 4.79 Å². The van der Waals surface area contributed by atoms with Crippen LogP contribution in [0.5, 0.6) is 0 Å². The fourth-order valence-corrected chi connectivity index (χ4v) is 2.51. The highest BCUT2D eigenvalue weighted by Gasteiger charge is 2.23. The Morgan fingerprint density at radius 3 is 3.00 bits per heavy atom. The first-order valence-corrected chi connectivity index (χ1v) is 7.58. The molecule has 5 heteroatoms. The summed E-state index contributed by atoms with van der Waals surface area (Å²) in [4.78, 5) is 25.8. The van der Waals surface area contributed by atoms with E-state index >= 15 is 0 Å². The minimum atomic E-state index is -0.445. The minimum absolute atomic E-state index is 0.0992. The zero-order valence-electron chi connectivity index (χ0n) is 12.6. The number of anilines is 1. The normalized spacial score (nSPS) is 17.9. The Morgan fingerprint density at radius 2 is 2.27 bits per heavy atom. The van der Waals surface area contributed by atoms with Crippen molar-refractivity contribution in [3.8, 4) is 0 Å². The van der Waals surface area contributed by atoms with E-state index in [-0.39, 0.29) is 11.8 Å². The molecule has 2 amide bonds. The molecule has 0 spiro atoms. The number of carbonyl (C=O) groups is 2. The van der Waals surface area contributed by atoms with Gasteiger partial charge in [0.25, 0.3) is 5.91 Å². The summed E-state index contributed by atoms with van der Waals surface area (Å²) < 4.78 is 0. The van der Waals surface area contributed by atoms with Crippen molar-refractivity contribution in [3.63, 3.8) is 0 Å². The third-order valence-corrected chi connectivity index (χ3v) is 3.65. The number of carbonyl (C=O) groups excluding carboxylic acids is 2. The molecule has 1 aliphatic rings. The number of nitrogens with zero attached hydrogens (tertiary/aromatic N) is 1. The molecule has 0 bridgehead atoms. The molecule has 1 aliphatic heterocycles. The topological polar surface area (TPSA) is 69.6 Å². The van der Waals surface area contributed by atoms with Gasteiger partial charge in [0, 0.05) is 30.8 Å². The predicted molar refractivity (Wildman–Crippen MR) is 85.6 cm³/mol. The highest BCUT2D eigenvalue weighted by molar-refractivity contribution is 5.97. The van der Waals surface area contributed by atoms with E-state index in [4.69, 9.17) is 0 Å². The number of amides is 2. The van der Waals surface area contributed by atoms with E-state index in [0.717, 1.165) is 12.8 Å². The summed E-state index contributed by atoms with van der Waals surface area (Å²) >= 11 is 0. The Morgan fingerprint density at radius 1 is 1.45 bits per heavy atom. The lowest BCUT2D eigenvalue weighted by Crippen LogP contribution is -2.42. The van der Waals surface area contributed by atoms with Crippen molar-refractivity contribution >= 4 is 17.5 Å². The Hall–Kier alpha value is -2.14. The molecule has 118 valence electrons. The number of piperidine rings is 1. The predicted octanol–water partition coefficient (Wildman–Crippen LogP) is 2.19. The molecule has 5 nitrogen and oxygen atoms in total. The summed E-state index contributed by atoms with van der Waals surface area (Å²) in [6, 6.07) is 6.90. The van der Waals surface area contributed by atoms with Crippen molar-refractivity contribution in [2.24, 2.45) is 0 Å². The van der Waals surface area contributed by atoms with Crippen molar-refractivity contribution in [2.45, 2.75) is 31.8 Å². The van der Waals surface area contributed by atoms with Gasteiger partial charge in [0.15, 0.2) is 0 Å². The van der Waals surface area contributed by atoms with Gasteiger partial charge in [-0.15, -0.1) is 6.58 Å². The number of aliphatic hydroxyl groups excluding tert-OH is 1. The van der Waals surface area contributed by atoms with Crippen molar-refractivity contribution in [2.75, 3.05) is 18.4 Å². The van der Waals surface area contributed by atoms with Crippen LogP contribution >= 0.6 is 0 Å². The second kappa shape index (κ2) is 7.75. The molecule has 0 aliphatic carbocycles. The second-order valence-electron chi connectivity index (χ2n) is 5.50. The van der Waals surface area contributed by atoms with E-state index in [1.54, 1.807) is 35.2 Å². The van der Waals surface area contributed by atoms with Crippen molar-refractivity contribution in [1.82, 2.24) is 4.90 Å². The summed E-state index contributed by atoms with van der Waals surface area (Å²) in [6.07, 6.45) is 3.80. The molecule has 1 atom stereocenters. The molecule has 1 saturated heterocycles. The molecule has 0 radical (unpaired) electrons. The van der Waals surface area contributed by atoms with Crippen molar-refractivity contribution in [1.29, 1.82) is 0 Å². The van der Waals surface area contributed by atoms with Crippen molar-refractivity contribution in [3.05, 3.63) is 42.5 Å². The Kier molecular flexibility index (Phi) is 5.72. The molecule has 1 aromatic carbocycles. The van der Waals surface area contributed by atoms with Crippen LogP contribution in [0.25, 0.3) is 0 Å². The van der Waals surface area contributed by atoms with E-state index in [9.17, 15) is 14.7 Å². The van der Waals surface area contributed by atoms with Gasteiger partial charge in [-0.2, -0.15) is 0 Å². The molecule has 0 aromatic heterocycles. The van der Waals surface area contributed by atoms with Gasteiger partial charge in [-0.05, 0) is 37.5 Å². The van der Waals surface area contributed by atoms with Crippen LogP contribution in [0.15, 0.2) is 36.9 Å². The summed E-state index contributed by atoms with van der Waals surface area (Å²) in [5.74, 6) is -0.209. The van der Waals surface area contributed by atoms with E-state index in [2.05, 4.69) is 11.9 Å². The fourth-order valence-electron chi connectivity index (χ4n) is 2.51. The van der Waals surface area contributed by atoms with Crippen LogP contribution in [0.2, 0.25) is 0 Å². The van der Waals surface area contributed by atoms with Crippen LogP contribution in [-0.4, -0.2) is 41.0 Å². The lowest BCUT2D eigenvalue weighted by atomic mass is 10.1. The molecule has 22 heavy (non-hydrogen) atoms. The first-order chi connectivity index (χ1) is 10.6. The highest BCUT2D eigenvalue weighted by Crippen LogP contribution is 2.17. The van der Waals surface area contributed by atoms with Crippen LogP contribution in [0.1, 0.15) is 36.0 Å².